The van der Waals surface area contributed by atoms with E-state index in [2.05, 4.69) is 15.0 Å². The SMILES string of the molecule is NC(=O)c1cnc(N)c2cc(-c3ncc[nH]3)sc12. The van der Waals surface area contributed by atoms with Gasteiger partial charge in [0.1, 0.15) is 11.6 Å². The zero-order chi connectivity index (χ0) is 12.7. The number of anilines is 1. The number of amides is 1. The van der Waals surface area contributed by atoms with Gasteiger partial charge in [0.15, 0.2) is 0 Å². The minimum atomic E-state index is -0.514. The van der Waals surface area contributed by atoms with Crippen molar-refractivity contribution < 1.29 is 4.79 Å². The lowest BCUT2D eigenvalue weighted by atomic mass is 10.2. The van der Waals surface area contributed by atoms with Crippen LogP contribution in [0, 0.1) is 0 Å². The third kappa shape index (κ3) is 1.52. The molecule has 5 N–H and O–H groups in total. The maximum Gasteiger partial charge on any atom is 0.251 e. The standard InChI is InChI=1S/C11H9N5OS/c12-9-5-3-7(11-14-1-2-15-11)18-8(5)6(4-16-9)10(13)17/h1-4H,(H2,12,16)(H2,13,17)(H,14,15). The summed E-state index contributed by atoms with van der Waals surface area (Å²) in [4.78, 5) is 23.4. The molecule has 3 rings (SSSR count). The summed E-state index contributed by atoms with van der Waals surface area (Å²) in [6.07, 6.45) is 4.80. The highest BCUT2D eigenvalue weighted by Crippen LogP contribution is 2.35. The maximum atomic E-state index is 11.3. The molecule has 3 aromatic rings. The first-order valence-corrected chi connectivity index (χ1v) is 5.96. The number of aromatic amines is 1. The van der Waals surface area contributed by atoms with Crippen LogP contribution >= 0.6 is 11.3 Å². The molecule has 0 aliphatic carbocycles. The van der Waals surface area contributed by atoms with E-state index in [0.29, 0.717) is 11.4 Å². The number of primary amides is 1. The third-order valence-electron chi connectivity index (χ3n) is 2.58. The second kappa shape index (κ2) is 3.81. The molecule has 0 atom stereocenters. The van der Waals surface area contributed by atoms with Crippen molar-refractivity contribution in [2.45, 2.75) is 0 Å². The number of pyridine rings is 1. The van der Waals surface area contributed by atoms with Crippen LogP contribution in [-0.2, 0) is 0 Å². The second-order valence-electron chi connectivity index (χ2n) is 3.71. The molecule has 0 saturated heterocycles. The van der Waals surface area contributed by atoms with Gasteiger partial charge in [-0.3, -0.25) is 4.79 Å². The van der Waals surface area contributed by atoms with Crippen LogP contribution in [0.1, 0.15) is 10.4 Å². The van der Waals surface area contributed by atoms with Crippen molar-refractivity contribution in [2.24, 2.45) is 5.73 Å². The zero-order valence-corrected chi connectivity index (χ0v) is 9.99. The summed E-state index contributed by atoms with van der Waals surface area (Å²) in [5, 5.41) is 0.725. The van der Waals surface area contributed by atoms with E-state index in [1.165, 1.54) is 17.5 Å². The van der Waals surface area contributed by atoms with Gasteiger partial charge in [0.25, 0.3) is 5.91 Å². The summed E-state index contributed by atoms with van der Waals surface area (Å²) in [7, 11) is 0. The summed E-state index contributed by atoms with van der Waals surface area (Å²) in [5.41, 5.74) is 11.5. The molecule has 0 bridgehead atoms. The number of imidazole rings is 1. The normalized spacial score (nSPS) is 10.9. The van der Waals surface area contributed by atoms with Crippen molar-refractivity contribution in [3.8, 4) is 10.7 Å². The van der Waals surface area contributed by atoms with E-state index in [1.807, 2.05) is 6.07 Å². The van der Waals surface area contributed by atoms with Crippen LogP contribution in [0.25, 0.3) is 20.8 Å². The Labute approximate surface area is 106 Å². The van der Waals surface area contributed by atoms with Gasteiger partial charge in [-0.1, -0.05) is 0 Å². The number of nitrogens with zero attached hydrogens (tertiary/aromatic N) is 2. The van der Waals surface area contributed by atoms with Gasteiger partial charge in [-0.25, -0.2) is 9.97 Å². The summed E-state index contributed by atoms with van der Waals surface area (Å²) in [6, 6.07) is 1.85. The van der Waals surface area contributed by atoms with E-state index < -0.39 is 5.91 Å². The van der Waals surface area contributed by atoms with Crippen LogP contribution in [0.15, 0.2) is 24.7 Å². The Hall–Kier alpha value is -2.41. The topological polar surface area (TPSA) is 111 Å². The van der Waals surface area contributed by atoms with Crippen LogP contribution in [0.3, 0.4) is 0 Å². The lowest BCUT2D eigenvalue weighted by Gasteiger charge is -1.99. The maximum absolute atomic E-state index is 11.3. The Bertz CT molecular complexity index is 731. The molecule has 90 valence electrons. The third-order valence-corrected chi connectivity index (χ3v) is 3.76. The molecule has 18 heavy (non-hydrogen) atoms. The summed E-state index contributed by atoms with van der Waals surface area (Å²) in [5.74, 6) is 0.593. The Morgan fingerprint density at radius 1 is 1.39 bits per heavy atom. The fourth-order valence-electron chi connectivity index (χ4n) is 1.74. The van der Waals surface area contributed by atoms with Gasteiger partial charge in [0.2, 0.25) is 0 Å². The predicted molar refractivity (Wildman–Crippen MR) is 70.1 cm³/mol. The number of fused-ring (bicyclic) bond motifs is 1. The highest BCUT2D eigenvalue weighted by atomic mass is 32.1. The van der Waals surface area contributed by atoms with Crippen LogP contribution in [0.5, 0.6) is 0 Å². The largest absolute Gasteiger partial charge is 0.383 e. The van der Waals surface area contributed by atoms with E-state index in [1.54, 1.807) is 12.4 Å². The number of hydrogen-bond acceptors (Lipinski definition) is 5. The first-order chi connectivity index (χ1) is 8.66. The molecular formula is C11H9N5OS. The zero-order valence-electron chi connectivity index (χ0n) is 9.18. The average Bonchev–Trinajstić information content (AvgIpc) is 2.97. The van der Waals surface area contributed by atoms with Crippen LogP contribution in [-0.4, -0.2) is 20.9 Å². The number of nitrogens with two attached hydrogens (primary N) is 2. The fourth-order valence-corrected chi connectivity index (χ4v) is 2.88. The van der Waals surface area contributed by atoms with Crippen molar-refractivity contribution >= 4 is 33.1 Å². The number of carbonyl (C=O) groups is 1. The Kier molecular flexibility index (Phi) is 2.27. The number of nitrogen functional groups attached to an aromatic ring is 1. The molecule has 1 amide bonds. The van der Waals surface area contributed by atoms with Crippen molar-refractivity contribution in [3.63, 3.8) is 0 Å². The first kappa shape index (κ1) is 10.7. The minimum Gasteiger partial charge on any atom is -0.383 e. The minimum absolute atomic E-state index is 0.377. The van der Waals surface area contributed by atoms with Crippen LogP contribution < -0.4 is 11.5 Å². The number of nitrogens with one attached hydrogen (secondary N) is 1. The Morgan fingerprint density at radius 3 is 2.89 bits per heavy atom. The van der Waals surface area contributed by atoms with E-state index in [0.717, 1.165) is 20.8 Å². The van der Waals surface area contributed by atoms with Gasteiger partial charge in [-0.2, -0.15) is 0 Å². The van der Waals surface area contributed by atoms with Gasteiger partial charge < -0.3 is 16.5 Å². The molecule has 3 aromatic heterocycles. The summed E-state index contributed by atoms with van der Waals surface area (Å²) >= 11 is 1.41. The first-order valence-electron chi connectivity index (χ1n) is 5.14. The lowest BCUT2D eigenvalue weighted by Crippen LogP contribution is -2.11. The molecule has 0 aliphatic heterocycles. The summed E-state index contributed by atoms with van der Waals surface area (Å²) in [6.45, 7) is 0. The highest BCUT2D eigenvalue weighted by Gasteiger charge is 2.15. The Balaban J connectivity index is 2.31. The number of carbonyl (C=O) groups excluding carboxylic acids is 1. The summed E-state index contributed by atoms with van der Waals surface area (Å²) < 4.78 is 0.737. The molecular weight excluding hydrogens is 250 g/mol. The van der Waals surface area contributed by atoms with Crippen molar-refractivity contribution in [3.05, 3.63) is 30.2 Å². The molecule has 7 heteroatoms. The van der Waals surface area contributed by atoms with E-state index in [-0.39, 0.29) is 0 Å². The molecule has 0 unspecified atom stereocenters. The quantitative estimate of drug-likeness (QED) is 0.645. The van der Waals surface area contributed by atoms with E-state index in [9.17, 15) is 4.79 Å². The molecule has 3 heterocycles. The molecule has 6 nitrogen and oxygen atoms in total. The van der Waals surface area contributed by atoms with Gasteiger partial charge >= 0.3 is 0 Å². The van der Waals surface area contributed by atoms with Crippen molar-refractivity contribution in [2.75, 3.05) is 5.73 Å². The number of hydrogen-bond donors (Lipinski definition) is 3. The van der Waals surface area contributed by atoms with E-state index in [4.69, 9.17) is 11.5 Å². The monoisotopic (exact) mass is 259 g/mol. The van der Waals surface area contributed by atoms with Crippen LogP contribution in [0.4, 0.5) is 5.82 Å². The molecule has 0 radical (unpaired) electrons. The van der Waals surface area contributed by atoms with Gasteiger partial charge in [-0.15, -0.1) is 11.3 Å². The number of H-pyrrole nitrogens is 1. The van der Waals surface area contributed by atoms with Crippen molar-refractivity contribution in [1.82, 2.24) is 15.0 Å². The second-order valence-corrected chi connectivity index (χ2v) is 4.76. The molecule has 0 aromatic carbocycles. The van der Waals surface area contributed by atoms with Gasteiger partial charge in [-0.05, 0) is 6.07 Å². The number of rotatable bonds is 2. The lowest BCUT2D eigenvalue weighted by molar-refractivity contribution is 0.100. The molecule has 0 saturated carbocycles. The van der Waals surface area contributed by atoms with Gasteiger partial charge in [0.05, 0.1) is 15.1 Å². The highest BCUT2D eigenvalue weighted by molar-refractivity contribution is 7.22. The number of aromatic nitrogens is 3. The van der Waals surface area contributed by atoms with E-state index >= 15 is 0 Å². The Morgan fingerprint density at radius 2 is 2.22 bits per heavy atom. The fraction of sp³-hybridized carbons (Fsp3) is 0. The molecule has 0 fully saturated rings. The smallest absolute Gasteiger partial charge is 0.251 e. The van der Waals surface area contributed by atoms with Gasteiger partial charge in [0, 0.05) is 24.0 Å². The molecule has 0 aliphatic rings. The van der Waals surface area contributed by atoms with Crippen LogP contribution in [0.2, 0.25) is 0 Å². The number of thiophene rings is 1. The molecule has 0 spiro atoms. The van der Waals surface area contributed by atoms with Crippen molar-refractivity contribution in [1.29, 1.82) is 0 Å². The average molecular weight is 259 g/mol. The predicted octanol–water partition coefficient (Wildman–Crippen LogP) is 1.37.